The predicted octanol–water partition coefficient (Wildman–Crippen LogP) is 3.97. The number of carbonyl (C=O) groups excluding carboxylic acids is 2. The van der Waals surface area contributed by atoms with Gasteiger partial charge in [-0.05, 0) is 48.0 Å². The summed E-state index contributed by atoms with van der Waals surface area (Å²) in [4.78, 5) is 28.6. The summed E-state index contributed by atoms with van der Waals surface area (Å²) in [5.74, 6) is -0.429. The molecule has 3 rings (SSSR count). The molecule has 5 nitrogen and oxygen atoms in total. The molecule has 0 radical (unpaired) electrons. The van der Waals surface area contributed by atoms with Gasteiger partial charge in [0.25, 0.3) is 0 Å². The van der Waals surface area contributed by atoms with E-state index in [1.54, 1.807) is 6.07 Å². The third kappa shape index (κ3) is 4.32. The molecule has 26 heavy (non-hydrogen) atoms. The van der Waals surface area contributed by atoms with Crippen molar-refractivity contribution in [2.45, 2.75) is 37.7 Å². The molecule has 2 aliphatic heterocycles. The molecular weight excluding hydrogens is 504 g/mol. The number of rotatable bonds is 2. The first-order valence-electron chi connectivity index (χ1n) is 8.19. The molecule has 140 valence electrons. The lowest BCUT2D eigenvalue weighted by molar-refractivity contribution is -0.121. The molecule has 2 saturated heterocycles. The highest BCUT2D eigenvalue weighted by atomic mass is 79.9. The second kappa shape index (κ2) is 8.26. The number of ether oxygens (including phenoxy) is 1. The van der Waals surface area contributed by atoms with E-state index >= 15 is 0 Å². The SMILES string of the molecule is C[C@@H]1CN(C(=S)S[C@@H]2CC(=O)N(c3ccc(Br)cc3Br)C2=O)C[C@@H](C)O1. The molecule has 9 heteroatoms. The topological polar surface area (TPSA) is 49.9 Å². The van der Waals surface area contributed by atoms with Gasteiger partial charge in [0.2, 0.25) is 11.8 Å². The summed E-state index contributed by atoms with van der Waals surface area (Å²) >= 11 is 13.7. The van der Waals surface area contributed by atoms with E-state index in [0.717, 1.165) is 4.47 Å². The Morgan fingerprint density at radius 1 is 1.23 bits per heavy atom. The Bertz CT molecular complexity index is 752. The highest BCUT2D eigenvalue weighted by molar-refractivity contribution is 9.11. The number of thioether (sulfide) groups is 1. The summed E-state index contributed by atoms with van der Waals surface area (Å²) in [6.07, 6.45) is 0.337. The van der Waals surface area contributed by atoms with E-state index in [-0.39, 0.29) is 30.4 Å². The van der Waals surface area contributed by atoms with Crippen LogP contribution >= 0.6 is 55.8 Å². The van der Waals surface area contributed by atoms with Crippen molar-refractivity contribution in [3.05, 3.63) is 27.1 Å². The van der Waals surface area contributed by atoms with Gasteiger partial charge < -0.3 is 9.64 Å². The smallest absolute Gasteiger partial charge is 0.247 e. The number of halogens is 2. The normalized spacial score (nSPS) is 26.5. The maximum Gasteiger partial charge on any atom is 0.247 e. The standard InChI is InChI=1S/C17H18Br2N2O3S2/c1-9-7-20(8-10(2)24-9)17(25)26-14-6-15(22)21(16(14)23)13-4-3-11(18)5-12(13)19/h3-5,9-10,14H,6-8H2,1-2H3/t9-,10-,14-/m1/s1. The van der Waals surface area contributed by atoms with Gasteiger partial charge in [-0.1, -0.05) is 39.9 Å². The van der Waals surface area contributed by atoms with Crippen LogP contribution in [0.15, 0.2) is 27.1 Å². The summed E-state index contributed by atoms with van der Waals surface area (Å²) in [5.41, 5.74) is 0.561. The molecule has 0 bridgehead atoms. The fourth-order valence-electron chi connectivity index (χ4n) is 3.14. The number of carbonyl (C=O) groups is 2. The summed E-state index contributed by atoms with van der Waals surface area (Å²) in [6.45, 7) is 5.42. The minimum absolute atomic E-state index is 0.0911. The van der Waals surface area contributed by atoms with Gasteiger partial charge in [0, 0.05) is 28.5 Å². The van der Waals surface area contributed by atoms with E-state index in [1.165, 1.54) is 16.7 Å². The van der Waals surface area contributed by atoms with Gasteiger partial charge in [0.15, 0.2) is 0 Å². The molecule has 2 aliphatic rings. The number of hydrogen-bond donors (Lipinski definition) is 0. The summed E-state index contributed by atoms with van der Waals surface area (Å²) in [5, 5.41) is -0.487. The van der Waals surface area contributed by atoms with Gasteiger partial charge in [-0.25, -0.2) is 4.90 Å². The van der Waals surface area contributed by atoms with Crippen LogP contribution in [0.4, 0.5) is 5.69 Å². The fourth-order valence-corrected chi connectivity index (χ4v) is 5.83. The van der Waals surface area contributed by atoms with Crippen LogP contribution in [0.5, 0.6) is 0 Å². The van der Waals surface area contributed by atoms with Crippen LogP contribution in [-0.4, -0.2) is 51.6 Å². The zero-order valence-electron chi connectivity index (χ0n) is 14.3. The molecule has 0 aliphatic carbocycles. The van der Waals surface area contributed by atoms with Crippen LogP contribution in [0.25, 0.3) is 0 Å². The van der Waals surface area contributed by atoms with Crippen molar-refractivity contribution in [2.24, 2.45) is 0 Å². The largest absolute Gasteiger partial charge is 0.372 e. The van der Waals surface area contributed by atoms with E-state index in [0.29, 0.717) is 27.6 Å². The number of thiocarbonyl (C=S) groups is 1. The molecule has 0 saturated carbocycles. The molecule has 0 aromatic heterocycles. The maximum absolute atomic E-state index is 12.8. The van der Waals surface area contributed by atoms with Crippen LogP contribution < -0.4 is 4.90 Å². The van der Waals surface area contributed by atoms with Gasteiger partial charge in [-0.2, -0.15) is 0 Å². The lowest BCUT2D eigenvalue weighted by Crippen LogP contribution is -2.47. The van der Waals surface area contributed by atoms with Gasteiger partial charge in [-0.3, -0.25) is 9.59 Å². The van der Waals surface area contributed by atoms with Crippen LogP contribution in [-0.2, 0) is 14.3 Å². The Labute approximate surface area is 179 Å². The second-order valence-electron chi connectivity index (χ2n) is 6.40. The zero-order valence-corrected chi connectivity index (χ0v) is 19.1. The van der Waals surface area contributed by atoms with Crippen LogP contribution in [0.3, 0.4) is 0 Å². The van der Waals surface area contributed by atoms with E-state index in [9.17, 15) is 9.59 Å². The third-order valence-corrected chi connectivity index (χ3v) is 6.96. The van der Waals surface area contributed by atoms with Crippen LogP contribution in [0.2, 0.25) is 0 Å². The minimum atomic E-state index is -0.487. The first kappa shape index (κ1) is 20.3. The highest BCUT2D eigenvalue weighted by Crippen LogP contribution is 2.36. The Balaban J connectivity index is 1.71. The number of anilines is 1. The quantitative estimate of drug-likeness (QED) is 0.433. The number of morpholine rings is 1. The number of benzene rings is 1. The molecule has 2 heterocycles. The van der Waals surface area contributed by atoms with Crippen molar-refractivity contribution in [2.75, 3.05) is 18.0 Å². The fraction of sp³-hybridized carbons (Fsp3) is 0.471. The van der Waals surface area contributed by atoms with Crippen LogP contribution in [0, 0.1) is 0 Å². The summed E-state index contributed by atoms with van der Waals surface area (Å²) in [6, 6.07) is 5.38. The molecule has 0 unspecified atom stereocenters. The average Bonchev–Trinajstić information content (AvgIpc) is 2.81. The summed E-state index contributed by atoms with van der Waals surface area (Å²) in [7, 11) is 0. The summed E-state index contributed by atoms with van der Waals surface area (Å²) < 4.78 is 7.93. The van der Waals surface area contributed by atoms with Gasteiger partial charge in [-0.15, -0.1) is 0 Å². The monoisotopic (exact) mass is 520 g/mol. The van der Waals surface area contributed by atoms with Gasteiger partial charge in [0.1, 0.15) is 9.57 Å². The van der Waals surface area contributed by atoms with Crippen molar-refractivity contribution in [3.63, 3.8) is 0 Å². The van der Waals surface area contributed by atoms with Gasteiger partial charge >= 0.3 is 0 Å². The number of nitrogens with zero attached hydrogens (tertiary/aromatic N) is 2. The average molecular weight is 522 g/mol. The van der Waals surface area contributed by atoms with Crippen molar-refractivity contribution >= 4 is 77.7 Å². The predicted molar refractivity (Wildman–Crippen MR) is 115 cm³/mol. The Morgan fingerprint density at radius 3 is 2.50 bits per heavy atom. The first-order chi connectivity index (χ1) is 12.3. The molecule has 0 N–H and O–H groups in total. The van der Waals surface area contributed by atoms with Crippen molar-refractivity contribution in [3.8, 4) is 0 Å². The molecular formula is C17H18Br2N2O3S2. The third-order valence-electron chi connectivity index (χ3n) is 4.18. The zero-order chi connectivity index (χ0) is 19.0. The Morgan fingerprint density at radius 2 is 1.88 bits per heavy atom. The van der Waals surface area contributed by atoms with Crippen molar-refractivity contribution in [1.29, 1.82) is 0 Å². The molecule has 2 fully saturated rings. The molecule has 3 atom stereocenters. The Hall–Kier alpha value is -0.480. The van der Waals surface area contributed by atoms with E-state index in [2.05, 4.69) is 36.8 Å². The van der Waals surface area contributed by atoms with Gasteiger partial charge in [0.05, 0.1) is 17.9 Å². The maximum atomic E-state index is 12.8. The minimum Gasteiger partial charge on any atom is -0.372 e. The second-order valence-corrected chi connectivity index (χ2v) is 10.0. The molecule has 1 aromatic rings. The van der Waals surface area contributed by atoms with E-state index < -0.39 is 5.25 Å². The molecule has 0 spiro atoms. The molecule has 1 aromatic carbocycles. The highest BCUT2D eigenvalue weighted by Gasteiger charge is 2.42. The number of hydrogen-bond acceptors (Lipinski definition) is 5. The van der Waals surface area contributed by atoms with E-state index in [1.807, 2.05) is 26.0 Å². The molecule has 2 amide bonds. The Kier molecular flexibility index (Phi) is 6.44. The van der Waals surface area contributed by atoms with Crippen molar-refractivity contribution < 1.29 is 14.3 Å². The lowest BCUT2D eigenvalue weighted by Gasteiger charge is -2.36. The number of amides is 2. The number of imide groups is 1. The van der Waals surface area contributed by atoms with Crippen LogP contribution in [0.1, 0.15) is 20.3 Å². The van der Waals surface area contributed by atoms with E-state index in [4.69, 9.17) is 17.0 Å². The first-order valence-corrected chi connectivity index (χ1v) is 11.1. The lowest BCUT2D eigenvalue weighted by atomic mass is 10.2. The van der Waals surface area contributed by atoms with Crippen molar-refractivity contribution in [1.82, 2.24) is 4.90 Å².